The van der Waals surface area contributed by atoms with Crippen molar-refractivity contribution >= 4 is 17.9 Å². The van der Waals surface area contributed by atoms with Gasteiger partial charge >= 0.3 is 11.9 Å². The zero-order chi connectivity index (χ0) is 67.5. The maximum absolute atomic E-state index is 12.9. The second-order valence-corrected chi connectivity index (χ2v) is 25.1. The number of allylic oxidation sites excluding steroid dienone is 30. The maximum atomic E-state index is 12.9. The summed E-state index contributed by atoms with van der Waals surface area (Å²) in [5.41, 5.74) is 0. The van der Waals surface area contributed by atoms with Crippen LogP contribution in [0, 0.1) is 0 Å². The van der Waals surface area contributed by atoms with Gasteiger partial charge in [0.1, 0.15) is 13.2 Å². The van der Waals surface area contributed by atoms with Crippen molar-refractivity contribution in [3.8, 4) is 0 Å². The van der Waals surface area contributed by atoms with Gasteiger partial charge < -0.3 is 33.3 Å². The van der Waals surface area contributed by atoms with Gasteiger partial charge in [0.25, 0.3) is 0 Å². The van der Waals surface area contributed by atoms with Crippen LogP contribution in [0.5, 0.6) is 0 Å². The number of carboxylic acids is 1. The molecule has 0 fully saturated rings. The molecule has 0 amide bonds. The van der Waals surface area contributed by atoms with Gasteiger partial charge in [0.15, 0.2) is 12.4 Å². The quantitative estimate of drug-likeness (QED) is 0.0195. The number of unbranched alkanes of at least 4 members (excludes halogenated alkanes) is 21. The molecule has 9 heteroatoms. The summed E-state index contributed by atoms with van der Waals surface area (Å²) >= 11 is 0. The van der Waals surface area contributed by atoms with Crippen LogP contribution in [0.25, 0.3) is 0 Å². The van der Waals surface area contributed by atoms with E-state index >= 15 is 0 Å². The average molecular weight is 1290 g/mol. The fourth-order valence-corrected chi connectivity index (χ4v) is 9.59. The zero-order valence-corrected chi connectivity index (χ0v) is 59.8. The highest BCUT2D eigenvalue weighted by Crippen LogP contribution is 2.16. The molecule has 0 aliphatic heterocycles. The summed E-state index contributed by atoms with van der Waals surface area (Å²) in [5, 5.41) is 11.8. The number of carbonyl (C=O) groups is 3. The van der Waals surface area contributed by atoms with Crippen LogP contribution in [0.2, 0.25) is 0 Å². The van der Waals surface area contributed by atoms with Gasteiger partial charge in [-0.15, -0.1) is 0 Å². The predicted octanol–water partition coefficient (Wildman–Crippen LogP) is 22.2. The Hall–Kier alpha value is -5.61. The molecule has 0 rings (SSSR count). The highest BCUT2D eigenvalue weighted by atomic mass is 16.7. The fraction of sp³-hybridized carbons (Fsp3) is 0.607. The average Bonchev–Trinajstić information content (AvgIpc) is 3.38. The third-order valence-corrected chi connectivity index (χ3v) is 15.1. The van der Waals surface area contributed by atoms with Crippen molar-refractivity contribution in [2.75, 3.05) is 47.5 Å². The van der Waals surface area contributed by atoms with Gasteiger partial charge in [-0.3, -0.25) is 9.59 Å². The molecule has 0 heterocycles. The van der Waals surface area contributed by atoms with Crippen molar-refractivity contribution in [2.24, 2.45) is 0 Å². The van der Waals surface area contributed by atoms with Crippen LogP contribution in [0.3, 0.4) is 0 Å². The van der Waals surface area contributed by atoms with Gasteiger partial charge in [-0.05, 0) is 135 Å². The van der Waals surface area contributed by atoms with Crippen molar-refractivity contribution < 1.29 is 42.9 Å². The molecular weight excluding hydrogens is 1150 g/mol. The van der Waals surface area contributed by atoms with Gasteiger partial charge in [-0.1, -0.05) is 305 Å². The summed E-state index contributed by atoms with van der Waals surface area (Å²) in [7, 11) is 5.92. The third kappa shape index (κ3) is 73.7. The number of hydrogen-bond donors (Lipinski definition) is 0. The summed E-state index contributed by atoms with van der Waals surface area (Å²) in [5.74, 6) is -2.32. The predicted molar refractivity (Wildman–Crippen MR) is 398 cm³/mol. The topological polar surface area (TPSA) is 111 Å². The standard InChI is InChI=1S/C84H135NO8/c1-6-8-10-12-14-16-18-20-22-24-26-28-30-32-34-36-38-39-40-41-42-43-45-46-48-50-52-54-56-58-60-62-64-66-68-70-72-74-81(86)91-78-80(79-92-84(83(88)89)90-77-76-85(3,4)5)93-82(87)75-73-71-69-67-65-63-61-59-57-55-53-51-49-47-44-37-35-33-31-29-27-25-23-21-19-17-15-13-11-9-7-2/h8-11,14-17,20-23,26-29,32-35,38-39,41-42,44,47,51,53,57,59,80,84H,6-7,12-13,18-19,24-25,30-31,36-37,40,43,45-46,48-50,52,54-56,58,60-79H2,1-5H3/b10-8-,11-9-,16-14-,17-15-,22-20-,23-21-,28-26-,29-27-,34-32-,35-33-,39-38-,42-41-,47-44-,53-51-,59-57-. The lowest BCUT2D eigenvalue weighted by Crippen LogP contribution is -2.44. The molecule has 0 saturated carbocycles. The minimum atomic E-state index is -1.64. The lowest BCUT2D eigenvalue weighted by Gasteiger charge is -2.26. The van der Waals surface area contributed by atoms with E-state index in [0.717, 1.165) is 154 Å². The number of nitrogens with zero attached hydrogens (tertiary/aromatic N) is 1. The van der Waals surface area contributed by atoms with Crippen LogP contribution in [0.4, 0.5) is 0 Å². The largest absolute Gasteiger partial charge is 0.545 e. The van der Waals surface area contributed by atoms with Gasteiger partial charge in [0.05, 0.1) is 40.3 Å². The lowest BCUT2D eigenvalue weighted by molar-refractivity contribution is -0.870. The molecule has 0 spiro atoms. The number of rotatable bonds is 66. The van der Waals surface area contributed by atoms with Crippen LogP contribution in [-0.2, 0) is 33.3 Å². The van der Waals surface area contributed by atoms with Gasteiger partial charge in [0.2, 0.25) is 0 Å². The molecule has 0 aromatic carbocycles. The molecule has 0 aliphatic rings. The number of carbonyl (C=O) groups excluding carboxylic acids is 3. The van der Waals surface area contributed by atoms with Crippen LogP contribution in [0.1, 0.15) is 271 Å². The first-order valence-electron chi connectivity index (χ1n) is 36.9. The first-order chi connectivity index (χ1) is 45.6. The molecule has 0 bridgehead atoms. The Morgan fingerprint density at radius 1 is 0.323 bits per heavy atom. The summed E-state index contributed by atoms with van der Waals surface area (Å²) in [4.78, 5) is 37.6. The Kier molecular flexibility index (Phi) is 67.9. The first kappa shape index (κ1) is 87.4. The molecule has 93 heavy (non-hydrogen) atoms. The Bertz CT molecular complexity index is 2190. The van der Waals surface area contributed by atoms with Gasteiger partial charge in [0, 0.05) is 12.8 Å². The normalized spacial score (nSPS) is 13.8. The minimum Gasteiger partial charge on any atom is -0.545 e. The van der Waals surface area contributed by atoms with E-state index in [9.17, 15) is 19.5 Å². The molecule has 0 aromatic rings. The first-order valence-corrected chi connectivity index (χ1v) is 36.9. The van der Waals surface area contributed by atoms with Crippen molar-refractivity contribution in [1.82, 2.24) is 0 Å². The number of quaternary nitrogens is 1. The van der Waals surface area contributed by atoms with E-state index in [2.05, 4.69) is 196 Å². The van der Waals surface area contributed by atoms with E-state index in [1.54, 1.807) is 0 Å². The van der Waals surface area contributed by atoms with Crippen molar-refractivity contribution in [2.45, 2.75) is 283 Å². The molecule has 0 saturated heterocycles. The van der Waals surface area contributed by atoms with Crippen LogP contribution in [-0.4, -0.2) is 82.3 Å². The van der Waals surface area contributed by atoms with E-state index in [1.807, 2.05) is 21.1 Å². The van der Waals surface area contributed by atoms with Crippen molar-refractivity contribution in [3.05, 3.63) is 182 Å². The Balaban J connectivity index is 4.16. The van der Waals surface area contributed by atoms with Crippen LogP contribution < -0.4 is 5.11 Å². The van der Waals surface area contributed by atoms with Crippen LogP contribution >= 0.6 is 0 Å². The highest BCUT2D eigenvalue weighted by Gasteiger charge is 2.22. The lowest BCUT2D eigenvalue weighted by atomic mass is 10.0. The Labute approximate surface area is 570 Å². The Morgan fingerprint density at radius 2 is 0.581 bits per heavy atom. The molecule has 2 atom stereocenters. The monoisotopic (exact) mass is 1290 g/mol. The maximum Gasteiger partial charge on any atom is 0.306 e. The number of likely N-dealkylation sites (N-methyl/N-ethyl adjacent to an activating group) is 1. The van der Waals surface area contributed by atoms with Crippen molar-refractivity contribution in [3.63, 3.8) is 0 Å². The number of carboxylic acid groups (broad SMARTS) is 1. The van der Waals surface area contributed by atoms with Gasteiger partial charge in [-0.2, -0.15) is 0 Å². The summed E-state index contributed by atoms with van der Waals surface area (Å²) in [6, 6.07) is 0. The highest BCUT2D eigenvalue weighted by molar-refractivity contribution is 5.70. The molecule has 524 valence electrons. The second-order valence-electron chi connectivity index (χ2n) is 25.1. The molecule has 9 nitrogen and oxygen atoms in total. The SMILES string of the molecule is CC/C=C\C/C=C\C/C=C\C/C=C\C/C=C\C/C=C\C/C=C\C/C=C\CCCCCCCCC(=O)OC(COC(=O)CCCCCCCCCCCCCCCCC/C=C\C/C=C\C/C=C\C/C=C\C/C=C\C/C=C\C/C=C\CC)COC(OCC[N+](C)(C)C)C(=O)[O-]. The van der Waals surface area contributed by atoms with E-state index in [1.165, 1.54) is 83.5 Å². The molecule has 2 unspecified atom stereocenters. The minimum absolute atomic E-state index is 0.136. The molecular formula is C84H135NO8. The van der Waals surface area contributed by atoms with Crippen LogP contribution in [0.15, 0.2) is 182 Å². The number of ether oxygens (including phenoxy) is 4. The Morgan fingerprint density at radius 3 is 0.860 bits per heavy atom. The smallest absolute Gasteiger partial charge is 0.306 e. The summed E-state index contributed by atoms with van der Waals surface area (Å²) in [6.45, 7) is 4.49. The van der Waals surface area contributed by atoms with Crippen molar-refractivity contribution in [1.29, 1.82) is 0 Å². The molecule has 0 radical (unpaired) electrons. The van der Waals surface area contributed by atoms with E-state index < -0.39 is 24.3 Å². The molecule has 0 N–H and O–H groups in total. The van der Waals surface area contributed by atoms with E-state index in [-0.39, 0.29) is 38.6 Å². The molecule has 0 aliphatic carbocycles. The van der Waals surface area contributed by atoms with Gasteiger partial charge in [-0.25, -0.2) is 0 Å². The number of hydrogen-bond acceptors (Lipinski definition) is 8. The number of aliphatic carboxylic acids is 1. The summed E-state index contributed by atoms with van der Waals surface area (Å²) < 4.78 is 22.8. The van der Waals surface area contributed by atoms with E-state index in [4.69, 9.17) is 18.9 Å². The zero-order valence-electron chi connectivity index (χ0n) is 59.8. The van der Waals surface area contributed by atoms with E-state index in [0.29, 0.717) is 17.4 Å². The molecule has 0 aromatic heterocycles. The fourth-order valence-electron chi connectivity index (χ4n) is 9.59. The second kappa shape index (κ2) is 72.2. The number of esters is 2. The summed E-state index contributed by atoms with van der Waals surface area (Å²) in [6.07, 6.45) is 107. The third-order valence-electron chi connectivity index (χ3n) is 15.1.